The van der Waals surface area contributed by atoms with Crippen LogP contribution in [0.1, 0.15) is 0 Å². The molecule has 22 heavy (non-hydrogen) atoms. The Morgan fingerprint density at radius 2 is 2.00 bits per heavy atom. The summed E-state index contributed by atoms with van der Waals surface area (Å²) < 4.78 is 13.6. The highest BCUT2D eigenvalue weighted by molar-refractivity contribution is 9.10. The van der Waals surface area contributed by atoms with Crippen molar-refractivity contribution in [2.45, 2.75) is 0 Å². The molecule has 3 rings (SSSR count). The molecular weight excluding hydrogens is 371 g/mol. The SMILES string of the molecule is Fc1ccc(Nc2cc(Cl)nc(-c3cccnc3)n2)cc1Br. The molecule has 3 aromatic rings. The quantitative estimate of drug-likeness (QED) is 0.662. The van der Waals surface area contributed by atoms with Crippen LogP contribution in [0.2, 0.25) is 5.15 Å². The van der Waals surface area contributed by atoms with Gasteiger partial charge in [-0.1, -0.05) is 11.6 Å². The molecule has 4 nitrogen and oxygen atoms in total. The van der Waals surface area contributed by atoms with Gasteiger partial charge in [-0.2, -0.15) is 0 Å². The van der Waals surface area contributed by atoms with Gasteiger partial charge in [0.25, 0.3) is 0 Å². The molecule has 0 atom stereocenters. The largest absolute Gasteiger partial charge is 0.340 e. The van der Waals surface area contributed by atoms with Crippen molar-refractivity contribution in [3.05, 3.63) is 64.2 Å². The molecule has 1 aromatic carbocycles. The number of aromatic nitrogens is 3. The van der Waals surface area contributed by atoms with Crippen LogP contribution >= 0.6 is 27.5 Å². The first-order valence-corrected chi connectivity index (χ1v) is 7.46. The van der Waals surface area contributed by atoms with Gasteiger partial charge in [-0.25, -0.2) is 14.4 Å². The van der Waals surface area contributed by atoms with Gasteiger partial charge in [-0.3, -0.25) is 4.98 Å². The Balaban J connectivity index is 1.94. The van der Waals surface area contributed by atoms with Crippen LogP contribution in [-0.2, 0) is 0 Å². The normalized spacial score (nSPS) is 10.5. The van der Waals surface area contributed by atoms with E-state index in [4.69, 9.17) is 11.6 Å². The second-order valence-corrected chi connectivity index (χ2v) is 5.64. The van der Waals surface area contributed by atoms with E-state index in [1.165, 1.54) is 6.07 Å². The van der Waals surface area contributed by atoms with Gasteiger partial charge >= 0.3 is 0 Å². The van der Waals surface area contributed by atoms with Gasteiger partial charge in [-0.15, -0.1) is 0 Å². The number of nitrogens with zero attached hydrogens (tertiary/aromatic N) is 3. The Morgan fingerprint density at radius 3 is 2.73 bits per heavy atom. The minimum atomic E-state index is -0.331. The Bertz CT molecular complexity index is 814. The van der Waals surface area contributed by atoms with E-state index in [2.05, 4.69) is 36.2 Å². The smallest absolute Gasteiger partial charge is 0.164 e. The maximum atomic E-state index is 13.3. The number of anilines is 2. The van der Waals surface area contributed by atoms with Crippen molar-refractivity contribution >= 4 is 39.0 Å². The molecule has 1 N–H and O–H groups in total. The number of halogens is 3. The fraction of sp³-hybridized carbons (Fsp3) is 0. The molecule has 0 unspecified atom stereocenters. The second-order valence-electron chi connectivity index (χ2n) is 4.40. The fourth-order valence-electron chi connectivity index (χ4n) is 1.83. The molecule has 0 bridgehead atoms. The molecule has 0 fully saturated rings. The van der Waals surface area contributed by atoms with Crippen LogP contribution in [0.15, 0.2) is 53.3 Å². The highest BCUT2D eigenvalue weighted by Crippen LogP contribution is 2.25. The minimum absolute atomic E-state index is 0.303. The predicted molar refractivity (Wildman–Crippen MR) is 87.7 cm³/mol. The summed E-state index contributed by atoms with van der Waals surface area (Å²) in [4.78, 5) is 12.6. The van der Waals surface area contributed by atoms with E-state index < -0.39 is 0 Å². The molecule has 0 aliphatic rings. The van der Waals surface area contributed by atoms with E-state index in [0.717, 1.165) is 5.56 Å². The average Bonchev–Trinajstić information content (AvgIpc) is 2.51. The number of pyridine rings is 1. The molecule has 0 amide bonds. The summed E-state index contributed by atoms with van der Waals surface area (Å²) in [6.07, 6.45) is 3.33. The zero-order chi connectivity index (χ0) is 15.5. The molecule has 0 spiro atoms. The lowest BCUT2D eigenvalue weighted by Crippen LogP contribution is -1.98. The third kappa shape index (κ3) is 3.40. The van der Waals surface area contributed by atoms with Crippen LogP contribution in [0.25, 0.3) is 11.4 Å². The highest BCUT2D eigenvalue weighted by Gasteiger charge is 2.07. The lowest BCUT2D eigenvalue weighted by atomic mass is 10.2. The molecule has 0 radical (unpaired) electrons. The van der Waals surface area contributed by atoms with Gasteiger partial charge in [0.15, 0.2) is 5.82 Å². The van der Waals surface area contributed by atoms with Crippen molar-refractivity contribution in [1.29, 1.82) is 0 Å². The van der Waals surface area contributed by atoms with Crippen LogP contribution in [0.5, 0.6) is 0 Å². The first-order chi connectivity index (χ1) is 10.6. The molecule has 0 aliphatic carbocycles. The highest BCUT2D eigenvalue weighted by atomic mass is 79.9. The van der Waals surface area contributed by atoms with Crippen molar-refractivity contribution in [3.63, 3.8) is 0 Å². The summed E-state index contributed by atoms with van der Waals surface area (Å²) in [6.45, 7) is 0. The summed E-state index contributed by atoms with van der Waals surface area (Å²) in [5.74, 6) is 0.643. The van der Waals surface area contributed by atoms with E-state index in [0.29, 0.717) is 27.0 Å². The number of hydrogen-bond acceptors (Lipinski definition) is 4. The van der Waals surface area contributed by atoms with Crippen LogP contribution < -0.4 is 5.32 Å². The Labute approximate surface area is 139 Å². The van der Waals surface area contributed by atoms with Gasteiger partial charge in [0.1, 0.15) is 16.8 Å². The number of hydrogen-bond donors (Lipinski definition) is 1. The lowest BCUT2D eigenvalue weighted by Gasteiger charge is -2.08. The molecule has 2 aromatic heterocycles. The molecule has 110 valence electrons. The molecule has 0 aliphatic heterocycles. The van der Waals surface area contributed by atoms with Crippen molar-refractivity contribution in [1.82, 2.24) is 15.0 Å². The van der Waals surface area contributed by atoms with Crippen LogP contribution in [0.4, 0.5) is 15.9 Å². The molecule has 2 heterocycles. The Morgan fingerprint density at radius 1 is 1.14 bits per heavy atom. The summed E-state index contributed by atoms with van der Waals surface area (Å²) in [5.41, 5.74) is 1.44. The summed E-state index contributed by atoms with van der Waals surface area (Å²) in [7, 11) is 0. The Kier molecular flexibility index (Phi) is 4.31. The van der Waals surface area contributed by atoms with Crippen molar-refractivity contribution in [2.75, 3.05) is 5.32 Å². The average molecular weight is 380 g/mol. The summed E-state index contributed by atoms with van der Waals surface area (Å²) in [5, 5.41) is 3.37. The van der Waals surface area contributed by atoms with E-state index in [1.807, 2.05) is 6.07 Å². The van der Waals surface area contributed by atoms with E-state index in [-0.39, 0.29) is 5.82 Å². The molecule has 7 heteroatoms. The monoisotopic (exact) mass is 378 g/mol. The first-order valence-electron chi connectivity index (χ1n) is 6.29. The van der Waals surface area contributed by atoms with Gasteiger partial charge in [-0.05, 0) is 46.3 Å². The molecular formula is C15H9BrClFN4. The summed E-state index contributed by atoms with van der Waals surface area (Å²) >= 11 is 9.18. The number of benzene rings is 1. The summed E-state index contributed by atoms with van der Waals surface area (Å²) in [6, 6.07) is 9.82. The van der Waals surface area contributed by atoms with Gasteiger partial charge in [0, 0.05) is 29.7 Å². The standard InChI is InChI=1S/C15H9BrClFN4/c16-11-6-10(3-4-12(11)18)20-14-7-13(17)21-15(22-14)9-2-1-5-19-8-9/h1-8H,(H,20,21,22). The number of nitrogens with one attached hydrogen (secondary N) is 1. The maximum Gasteiger partial charge on any atom is 0.164 e. The van der Waals surface area contributed by atoms with E-state index >= 15 is 0 Å². The predicted octanol–water partition coefficient (Wildman–Crippen LogP) is 4.84. The second kappa shape index (κ2) is 6.37. The topological polar surface area (TPSA) is 50.7 Å². The van der Waals surface area contributed by atoms with Gasteiger partial charge in [0.05, 0.1) is 4.47 Å². The van der Waals surface area contributed by atoms with Gasteiger partial charge < -0.3 is 5.32 Å². The zero-order valence-corrected chi connectivity index (χ0v) is 13.4. The van der Waals surface area contributed by atoms with E-state index in [1.54, 1.807) is 36.7 Å². The third-order valence-corrected chi connectivity index (χ3v) is 3.61. The van der Waals surface area contributed by atoms with Crippen molar-refractivity contribution in [2.24, 2.45) is 0 Å². The van der Waals surface area contributed by atoms with Gasteiger partial charge in [0.2, 0.25) is 0 Å². The molecule has 0 saturated heterocycles. The van der Waals surface area contributed by atoms with Crippen LogP contribution in [0, 0.1) is 5.82 Å². The van der Waals surface area contributed by atoms with Crippen molar-refractivity contribution in [3.8, 4) is 11.4 Å². The van der Waals surface area contributed by atoms with Crippen LogP contribution in [0.3, 0.4) is 0 Å². The zero-order valence-electron chi connectivity index (χ0n) is 11.1. The maximum absolute atomic E-state index is 13.3. The number of rotatable bonds is 3. The Hall–Kier alpha value is -2.05. The van der Waals surface area contributed by atoms with Crippen LogP contribution in [-0.4, -0.2) is 15.0 Å². The third-order valence-electron chi connectivity index (χ3n) is 2.81. The van der Waals surface area contributed by atoms with E-state index in [9.17, 15) is 4.39 Å². The lowest BCUT2D eigenvalue weighted by molar-refractivity contribution is 0.621. The minimum Gasteiger partial charge on any atom is -0.340 e. The van der Waals surface area contributed by atoms with Crippen molar-refractivity contribution < 1.29 is 4.39 Å². The fourth-order valence-corrected chi connectivity index (χ4v) is 2.39. The first kappa shape index (κ1) is 14.9. The molecule has 0 saturated carbocycles.